The number of hydrogen-bond acceptors (Lipinski definition) is 6. The average Bonchev–Trinajstić information content (AvgIpc) is 2.79. The van der Waals surface area contributed by atoms with Crippen molar-refractivity contribution in [3.8, 4) is 0 Å². The van der Waals surface area contributed by atoms with Gasteiger partial charge < -0.3 is 19.9 Å². The molecule has 1 aromatic heterocycles. The van der Waals surface area contributed by atoms with Crippen molar-refractivity contribution in [2.45, 2.75) is 77.8 Å². The van der Waals surface area contributed by atoms with Crippen LogP contribution >= 0.6 is 0 Å². The van der Waals surface area contributed by atoms with Gasteiger partial charge in [-0.1, -0.05) is 19.3 Å². The molecule has 0 bridgehead atoms. The summed E-state index contributed by atoms with van der Waals surface area (Å²) in [5.41, 5.74) is 2.11. The van der Waals surface area contributed by atoms with Crippen LogP contribution in [0.5, 0.6) is 0 Å². The van der Waals surface area contributed by atoms with Gasteiger partial charge in [-0.3, -0.25) is 4.79 Å². The monoisotopic (exact) mass is 429 g/mol. The zero-order valence-electron chi connectivity index (χ0n) is 18.9. The fourth-order valence-electron chi connectivity index (χ4n) is 5.05. The lowest BCUT2D eigenvalue weighted by Gasteiger charge is -2.36. The van der Waals surface area contributed by atoms with Gasteiger partial charge in [0.1, 0.15) is 11.6 Å². The summed E-state index contributed by atoms with van der Waals surface area (Å²) >= 11 is 0. The van der Waals surface area contributed by atoms with Gasteiger partial charge in [0.2, 0.25) is 0 Å². The van der Waals surface area contributed by atoms with Gasteiger partial charge in [-0.15, -0.1) is 0 Å². The molecule has 8 heteroatoms. The van der Waals surface area contributed by atoms with E-state index in [1.165, 1.54) is 19.3 Å². The SMILES string of the molecule is CCOC(=O)C1CCN(c2nc(C)nc3c2CN(C(=O)NC2CCCCC2)CC3)CC1. The highest BCUT2D eigenvalue weighted by atomic mass is 16.5. The van der Waals surface area contributed by atoms with Crippen LogP contribution in [0.3, 0.4) is 0 Å². The number of ether oxygens (including phenoxy) is 1. The van der Waals surface area contributed by atoms with E-state index in [0.29, 0.717) is 25.7 Å². The van der Waals surface area contributed by atoms with Crippen LogP contribution < -0.4 is 10.2 Å². The lowest BCUT2D eigenvalue weighted by Crippen LogP contribution is -2.48. The quantitative estimate of drug-likeness (QED) is 0.741. The molecule has 170 valence electrons. The summed E-state index contributed by atoms with van der Waals surface area (Å²) in [6, 6.07) is 0.336. The number of carbonyl (C=O) groups is 2. The van der Waals surface area contributed by atoms with Crippen LogP contribution in [-0.4, -0.2) is 59.2 Å². The smallest absolute Gasteiger partial charge is 0.317 e. The number of nitrogens with zero attached hydrogens (tertiary/aromatic N) is 4. The average molecular weight is 430 g/mol. The highest BCUT2D eigenvalue weighted by Crippen LogP contribution is 2.30. The first-order chi connectivity index (χ1) is 15.0. The van der Waals surface area contributed by atoms with Crippen molar-refractivity contribution in [2.24, 2.45) is 5.92 Å². The number of anilines is 1. The first-order valence-corrected chi connectivity index (χ1v) is 11.9. The first-order valence-electron chi connectivity index (χ1n) is 11.9. The van der Waals surface area contributed by atoms with E-state index >= 15 is 0 Å². The van der Waals surface area contributed by atoms with Crippen LogP contribution in [0.4, 0.5) is 10.6 Å². The Kier molecular flexibility index (Phi) is 6.92. The molecule has 1 saturated carbocycles. The minimum Gasteiger partial charge on any atom is -0.466 e. The van der Waals surface area contributed by atoms with Crippen molar-refractivity contribution in [3.05, 3.63) is 17.1 Å². The molecule has 2 fully saturated rings. The molecule has 1 aliphatic carbocycles. The molecule has 3 aliphatic rings. The minimum absolute atomic E-state index is 0.0325. The van der Waals surface area contributed by atoms with Crippen LogP contribution in [0.1, 0.15) is 69.0 Å². The lowest BCUT2D eigenvalue weighted by atomic mass is 9.95. The molecule has 1 aromatic rings. The fraction of sp³-hybridized carbons (Fsp3) is 0.739. The Morgan fingerprint density at radius 1 is 1.06 bits per heavy atom. The van der Waals surface area contributed by atoms with Crippen LogP contribution in [0.2, 0.25) is 0 Å². The zero-order valence-corrected chi connectivity index (χ0v) is 18.9. The topological polar surface area (TPSA) is 87.7 Å². The van der Waals surface area contributed by atoms with Gasteiger partial charge in [0.05, 0.1) is 24.8 Å². The number of rotatable bonds is 4. The maximum Gasteiger partial charge on any atom is 0.317 e. The van der Waals surface area contributed by atoms with Crippen molar-refractivity contribution in [1.82, 2.24) is 20.2 Å². The molecule has 4 rings (SSSR count). The van der Waals surface area contributed by atoms with E-state index in [2.05, 4.69) is 15.2 Å². The molecule has 31 heavy (non-hydrogen) atoms. The molecule has 8 nitrogen and oxygen atoms in total. The second-order valence-electron chi connectivity index (χ2n) is 8.99. The molecule has 0 radical (unpaired) electrons. The summed E-state index contributed by atoms with van der Waals surface area (Å²) in [6.07, 6.45) is 8.13. The second-order valence-corrected chi connectivity index (χ2v) is 8.99. The van der Waals surface area contributed by atoms with E-state index in [4.69, 9.17) is 9.72 Å². The molecule has 0 spiro atoms. The number of aromatic nitrogens is 2. The van der Waals surface area contributed by atoms with E-state index in [-0.39, 0.29) is 17.9 Å². The van der Waals surface area contributed by atoms with E-state index in [1.54, 1.807) is 0 Å². The Balaban J connectivity index is 1.45. The Bertz CT molecular complexity index is 801. The Hall–Kier alpha value is -2.38. The highest BCUT2D eigenvalue weighted by Gasteiger charge is 2.31. The molecule has 0 atom stereocenters. The van der Waals surface area contributed by atoms with Crippen LogP contribution in [0.25, 0.3) is 0 Å². The third kappa shape index (κ3) is 5.10. The molecule has 1 saturated heterocycles. The number of carbonyl (C=O) groups excluding carboxylic acids is 2. The molecular weight excluding hydrogens is 394 g/mol. The predicted molar refractivity (Wildman–Crippen MR) is 118 cm³/mol. The summed E-state index contributed by atoms with van der Waals surface area (Å²) in [6.45, 7) is 6.96. The van der Waals surface area contributed by atoms with Gasteiger partial charge in [-0.05, 0) is 39.5 Å². The van der Waals surface area contributed by atoms with Crippen molar-refractivity contribution in [2.75, 3.05) is 31.1 Å². The molecular formula is C23H35N5O3. The van der Waals surface area contributed by atoms with Crippen LogP contribution in [-0.2, 0) is 22.5 Å². The summed E-state index contributed by atoms with van der Waals surface area (Å²) in [4.78, 5) is 38.6. The lowest BCUT2D eigenvalue weighted by molar-refractivity contribution is -0.148. The van der Waals surface area contributed by atoms with E-state index < -0.39 is 0 Å². The number of fused-ring (bicyclic) bond motifs is 1. The normalized spacial score (nSPS) is 20.3. The van der Waals surface area contributed by atoms with E-state index in [9.17, 15) is 9.59 Å². The van der Waals surface area contributed by atoms with E-state index in [0.717, 1.165) is 68.1 Å². The first kappa shape index (κ1) is 21.8. The second kappa shape index (κ2) is 9.83. The minimum atomic E-state index is -0.0893. The van der Waals surface area contributed by atoms with Gasteiger partial charge >= 0.3 is 12.0 Å². The van der Waals surface area contributed by atoms with Gasteiger partial charge in [-0.25, -0.2) is 14.8 Å². The third-order valence-electron chi connectivity index (χ3n) is 6.78. The van der Waals surface area contributed by atoms with Crippen LogP contribution in [0, 0.1) is 12.8 Å². The maximum atomic E-state index is 12.9. The number of piperidine rings is 1. The fourth-order valence-corrected chi connectivity index (χ4v) is 5.05. The number of hydrogen-bond donors (Lipinski definition) is 1. The van der Waals surface area contributed by atoms with Gasteiger partial charge in [-0.2, -0.15) is 0 Å². The highest BCUT2D eigenvalue weighted by molar-refractivity contribution is 5.75. The van der Waals surface area contributed by atoms with Crippen molar-refractivity contribution < 1.29 is 14.3 Å². The summed E-state index contributed by atoms with van der Waals surface area (Å²) in [5, 5.41) is 3.24. The van der Waals surface area contributed by atoms with Gasteiger partial charge in [0.25, 0.3) is 0 Å². The number of urea groups is 1. The van der Waals surface area contributed by atoms with E-state index in [1.807, 2.05) is 18.7 Å². The van der Waals surface area contributed by atoms with Crippen molar-refractivity contribution >= 4 is 17.8 Å². The third-order valence-corrected chi connectivity index (χ3v) is 6.78. The standard InChI is InChI=1S/C23H35N5O3/c1-3-31-22(29)17-9-12-27(13-10-17)21-19-15-28(14-11-20(19)24-16(2)25-21)23(30)26-18-7-5-4-6-8-18/h17-18H,3-15H2,1-2H3,(H,26,30). The summed E-state index contributed by atoms with van der Waals surface area (Å²) in [5.74, 6) is 1.57. The molecule has 0 aromatic carbocycles. The summed E-state index contributed by atoms with van der Waals surface area (Å²) in [7, 11) is 0. The van der Waals surface area contributed by atoms with Gasteiger partial charge in [0.15, 0.2) is 0 Å². The number of nitrogens with one attached hydrogen (secondary N) is 1. The molecule has 2 amide bonds. The Morgan fingerprint density at radius 2 is 1.81 bits per heavy atom. The molecule has 1 N–H and O–H groups in total. The maximum absolute atomic E-state index is 12.9. The number of aryl methyl sites for hydroxylation is 1. The molecule has 2 aliphatic heterocycles. The van der Waals surface area contributed by atoms with Crippen molar-refractivity contribution in [3.63, 3.8) is 0 Å². The van der Waals surface area contributed by atoms with Crippen LogP contribution in [0.15, 0.2) is 0 Å². The van der Waals surface area contributed by atoms with Gasteiger partial charge in [0, 0.05) is 37.7 Å². The largest absolute Gasteiger partial charge is 0.466 e. The molecule has 3 heterocycles. The van der Waals surface area contributed by atoms with Crippen molar-refractivity contribution in [1.29, 1.82) is 0 Å². The molecule has 0 unspecified atom stereocenters. The zero-order chi connectivity index (χ0) is 21.8. The number of esters is 1. The predicted octanol–water partition coefficient (Wildman–Crippen LogP) is 2.96. The Morgan fingerprint density at radius 3 is 2.52 bits per heavy atom. The Labute approximate surface area is 184 Å². The summed E-state index contributed by atoms with van der Waals surface area (Å²) < 4.78 is 5.20. The number of amides is 2.